The van der Waals surface area contributed by atoms with E-state index in [0.29, 0.717) is 25.2 Å². The number of carbonyl (C=O) groups is 1. The van der Waals surface area contributed by atoms with E-state index in [4.69, 9.17) is 28.9 Å². The molecule has 0 aliphatic carbocycles. The zero-order chi connectivity index (χ0) is 15.8. The number of carbonyl (C=O) groups excluding carboxylic acids is 1. The Morgan fingerprint density at radius 2 is 1.90 bits per heavy atom. The number of nitrogens with two attached hydrogens (primary N) is 1. The third-order valence-electron chi connectivity index (χ3n) is 3.16. The number of primary amides is 1. The average Bonchev–Trinajstić information content (AvgIpc) is 2.82. The lowest BCUT2D eigenvalue weighted by Gasteiger charge is -2.20. The predicted molar refractivity (Wildman–Crippen MR) is 72.7 cm³/mol. The molecule has 1 fully saturated rings. The molecule has 1 unspecified atom stereocenters. The molecule has 1 aliphatic heterocycles. The van der Waals surface area contributed by atoms with Gasteiger partial charge in [0.25, 0.3) is 0 Å². The Balaban J connectivity index is 2.22. The number of nitrogens with zero attached hydrogens (tertiary/aromatic N) is 1. The van der Waals surface area contributed by atoms with Gasteiger partial charge in [0.1, 0.15) is 0 Å². The van der Waals surface area contributed by atoms with Gasteiger partial charge < -0.3 is 15.4 Å². The van der Waals surface area contributed by atoms with E-state index >= 15 is 0 Å². The summed E-state index contributed by atoms with van der Waals surface area (Å²) < 4.78 is 40.5. The molecule has 0 saturated carbocycles. The van der Waals surface area contributed by atoms with E-state index in [9.17, 15) is 18.0 Å². The van der Waals surface area contributed by atoms with E-state index in [-0.39, 0.29) is 16.0 Å². The summed E-state index contributed by atoms with van der Waals surface area (Å²) in [6.07, 6.45) is -4.30. The second-order valence-electron chi connectivity index (χ2n) is 4.62. The van der Waals surface area contributed by atoms with Gasteiger partial charge in [-0.2, -0.15) is 0 Å². The molecule has 1 heterocycles. The first-order chi connectivity index (χ1) is 9.67. The van der Waals surface area contributed by atoms with Crippen molar-refractivity contribution in [3.63, 3.8) is 0 Å². The Kier molecular flexibility index (Phi) is 4.43. The summed E-state index contributed by atoms with van der Waals surface area (Å²) in [5.41, 5.74) is 5.75. The first-order valence-electron chi connectivity index (χ1n) is 5.96. The molecule has 9 heteroatoms. The Labute approximate surface area is 128 Å². The fraction of sp³-hybridized carbons (Fsp3) is 0.417. The lowest BCUT2D eigenvalue weighted by atomic mass is 10.1. The van der Waals surface area contributed by atoms with Crippen molar-refractivity contribution in [2.24, 2.45) is 11.7 Å². The van der Waals surface area contributed by atoms with Crippen LogP contribution in [0.15, 0.2) is 12.1 Å². The quantitative estimate of drug-likeness (QED) is 0.917. The van der Waals surface area contributed by atoms with Gasteiger partial charge in [-0.15, -0.1) is 13.2 Å². The van der Waals surface area contributed by atoms with Crippen LogP contribution in [-0.4, -0.2) is 25.4 Å². The average molecular weight is 343 g/mol. The summed E-state index contributed by atoms with van der Waals surface area (Å²) in [5, 5.41) is -0.505. The van der Waals surface area contributed by atoms with Crippen molar-refractivity contribution in [2.45, 2.75) is 12.8 Å². The minimum absolute atomic E-state index is 0.252. The number of hydrogen-bond acceptors (Lipinski definition) is 3. The summed E-state index contributed by atoms with van der Waals surface area (Å²) >= 11 is 11.6. The van der Waals surface area contributed by atoms with Gasteiger partial charge >= 0.3 is 6.36 Å². The molecule has 0 bridgehead atoms. The van der Waals surface area contributed by atoms with E-state index < -0.39 is 18.0 Å². The Bertz CT molecular complexity index is 543. The summed E-state index contributed by atoms with van der Waals surface area (Å²) in [6, 6.07) is 2.63. The van der Waals surface area contributed by atoms with Gasteiger partial charge in [0.15, 0.2) is 5.75 Å². The van der Waals surface area contributed by atoms with Crippen LogP contribution in [0.4, 0.5) is 18.9 Å². The number of benzene rings is 1. The van der Waals surface area contributed by atoms with Gasteiger partial charge in [0.2, 0.25) is 5.91 Å². The summed E-state index contributed by atoms with van der Waals surface area (Å²) in [7, 11) is 0. The number of ether oxygens (including phenoxy) is 1. The van der Waals surface area contributed by atoms with E-state index in [2.05, 4.69) is 4.74 Å². The zero-order valence-corrected chi connectivity index (χ0v) is 12.1. The topological polar surface area (TPSA) is 55.6 Å². The largest absolute Gasteiger partial charge is 0.573 e. The Morgan fingerprint density at radius 1 is 1.33 bits per heavy atom. The summed E-state index contributed by atoms with van der Waals surface area (Å²) in [6.45, 7) is 0.918. The fourth-order valence-corrected chi connectivity index (χ4v) is 2.72. The highest BCUT2D eigenvalue weighted by Gasteiger charge is 2.34. The third kappa shape index (κ3) is 3.85. The highest BCUT2D eigenvalue weighted by atomic mass is 35.5. The molecule has 1 saturated heterocycles. The highest BCUT2D eigenvalue weighted by Crippen LogP contribution is 2.40. The smallest absolute Gasteiger partial charge is 0.403 e. The second kappa shape index (κ2) is 5.81. The van der Waals surface area contributed by atoms with Crippen LogP contribution in [0.25, 0.3) is 0 Å². The molecule has 116 valence electrons. The van der Waals surface area contributed by atoms with Gasteiger partial charge in [-0.25, -0.2) is 0 Å². The van der Waals surface area contributed by atoms with Gasteiger partial charge in [-0.3, -0.25) is 4.79 Å². The van der Waals surface area contributed by atoms with Crippen molar-refractivity contribution in [3.05, 3.63) is 22.2 Å². The molecule has 1 aromatic rings. The first kappa shape index (κ1) is 16.0. The van der Waals surface area contributed by atoms with Gasteiger partial charge in [-0.05, 0) is 18.6 Å². The lowest BCUT2D eigenvalue weighted by molar-refractivity contribution is -0.274. The molecule has 4 nitrogen and oxygen atoms in total. The van der Waals surface area contributed by atoms with Crippen LogP contribution in [0.2, 0.25) is 10.0 Å². The Morgan fingerprint density at radius 3 is 2.33 bits per heavy atom. The third-order valence-corrected chi connectivity index (χ3v) is 3.72. The number of alkyl halides is 3. The fourth-order valence-electron chi connectivity index (χ4n) is 2.17. The molecule has 21 heavy (non-hydrogen) atoms. The highest BCUT2D eigenvalue weighted by molar-refractivity contribution is 6.37. The summed E-state index contributed by atoms with van der Waals surface area (Å²) in [5.74, 6) is -1.35. The number of rotatable bonds is 3. The molecule has 0 radical (unpaired) electrons. The molecule has 0 spiro atoms. The van der Waals surface area contributed by atoms with Gasteiger partial charge in [0.05, 0.1) is 16.0 Å². The van der Waals surface area contributed by atoms with E-state index in [1.807, 2.05) is 0 Å². The normalized spacial score (nSPS) is 18.9. The SMILES string of the molecule is NC(=O)C1CCN(c2cc(Cl)c(OC(F)(F)F)c(Cl)c2)C1. The van der Waals surface area contributed by atoms with Crippen LogP contribution >= 0.6 is 23.2 Å². The standard InChI is InChI=1S/C12H11Cl2F3N2O2/c13-8-3-7(19-2-1-6(5-19)11(18)20)4-9(14)10(8)21-12(15,16)17/h3-4,6H,1-2,5H2,(H2,18,20). The van der Waals surface area contributed by atoms with E-state index in [0.717, 1.165) is 0 Å². The first-order valence-corrected chi connectivity index (χ1v) is 6.72. The molecule has 2 rings (SSSR count). The van der Waals surface area contributed by atoms with Crippen molar-refractivity contribution in [3.8, 4) is 5.75 Å². The van der Waals surface area contributed by atoms with Crippen LogP contribution in [0.5, 0.6) is 5.75 Å². The minimum atomic E-state index is -4.88. The number of anilines is 1. The van der Waals surface area contributed by atoms with Crippen LogP contribution in [0.3, 0.4) is 0 Å². The van der Waals surface area contributed by atoms with Crippen LogP contribution < -0.4 is 15.4 Å². The van der Waals surface area contributed by atoms with Crippen molar-refractivity contribution < 1.29 is 22.7 Å². The number of hydrogen-bond donors (Lipinski definition) is 1. The van der Waals surface area contributed by atoms with Crippen molar-refractivity contribution >= 4 is 34.8 Å². The molecule has 1 atom stereocenters. The molecule has 2 N–H and O–H groups in total. The molecule has 1 amide bonds. The van der Waals surface area contributed by atoms with Crippen LogP contribution in [-0.2, 0) is 4.79 Å². The van der Waals surface area contributed by atoms with Crippen molar-refractivity contribution in [1.82, 2.24) is 0 Å². The zero-order valence-electron chi connectivity index (χ0n) is 10.6. The van der Waals surface area contributed by atoms with Crippen molar-refractivity contribution in [1.29, 1.82) is 0 Å². The van der Waals surface area contributed by atoms with E-state index in [1.54, 1.807) is 4.90 Å². The van der Waals surface area contributed by atoms with Gasteiger partial charge in [-0.1, -0.05) is 23.2 Å². The molecular weight excluding hydrogens is 332 g/mol. The number of halogens is 5. The summed E-state index contributed by atoms with van der Waals surface area (Å²) in [4.78, 5) is 12.9. The predicted octanol–water partition coefficient (Wildman–Crippen LogP) is 3.20. The van der Waals surface area contributed by atoms with E-state index in [1.165, 1.54) is 12.1 Å². The molecule has 0 aromatic heterocycles. The lowest BCUT2D eigenvalue weighted by Crippen LogP contribution is -2.27. The Hall–Kier alpha value is -1.34. The molecule has 1 aromatic carbocycles. The number of amides is 1. The minimum Gasteiger partial charge on any atom is -0.403 e. The maximum absolute atomic E-state index is 12.2. The maximum Gasteiger partial charge on any atom is 0.573 e. The molecular formula is C12H11Cl2F3N2O2. The van der Waals surface area contributed by atoms with Crippen molar-refractivity contribution in [2.75, 3.05) is 18.0 Å². The van der Waals surface area contributed by atoms with Crippen LogP contribution in [0, 0.1) is 5.92 Å². The van der Waals surface area contributed by atoms with Gasteiger partial charge in [0, 0.05) is 18.8 Å². The maximum atomic E-state index is 12.2. The second-order valence-corrected chi connectivity index (χ2v) is 5.43. The molecule has 1 aliphatic rings. The van der Waals surface area contributed by atoms with Crippen LogP contribution in [0.1, 0.15) is 6.42 Å². The monoisotopic (exact) mass is 342 g/mol.